The van der Waals surface area contributed by atoms with Crippen LogP contribution in [0.5, 0.6) is 0 Å². The molecule has 1 saturated heterocycles. The second kappa shape index (κ2) is 9.06. The van der Waals surface area contributed by atoms with Crippen LogP contribution in [0.3, 0.4) is 0 Å². The Hall–Kier alpha value is -2.31. The summed E-state index contributed by atoms with van der Waals surface area (Å²) >= 11 is 0. The number of halogens is 1. The molecule has 1 fully saturated rings. The summed E-state index contributed by atoms with van der Waals surface area (Å²) in [4.78, 5) is 23.4. The zero-order valence-corrected chi connectivity index (χ0v) is 16.0. The lowest BCUT2D eigenvalue weighted by Crippen LogP contribution is -2.42. The van der Waals surface area contributed by atoms with Crippen molar-refractivity contribution in [2.24, 2.45) is 0 Å². The lowest BCUT2D eigenvalue weighted by molar-refractivity contribution is -0.136. The van der Waals surface area contributed by atoms with Gasteiger partial charge < -0.3 is 4.90 Å². The number of carbonyl (C=O) groups is 1. The fourth-order valence-electron chi connectivity index (χ4n) is 3.60. The zero-order chi connectivity index (χ0) is 19.2. The Morgan fingerprint density at radius 3 is 2.67 bits per heavy atom. The normalized spacial score (nSPS) is 17.0. The van der Waals surface area contributed by atoms with Crippen LogP contribution in [0.1, 0.15) is 23.6 Å². The third-order valence-electron chi connectivity index (χ3n) is 4.98. The molecule has 1 aromatic carbocycles. The maximum absolute atomic E-state index is 14.3. The number of aromatic nitrogens is 1. The van der Waals surface area contributed by atoms with Crippen LogP contribution in [0.4, 0.5) is 4.39 Å². The van der Waals surface area contributed by atoms with Gasteiger partial charge in [0.05, 0.1) is 0 Å². The lowest BCUT2D eigenvalue weighted by Gasteiger charge is -2.30. The molecular weight excluding hydrogens is 343 g/mol. The molecule has 0 saturated carbocycles. The molecule has 144 valence electrons. The van der Waals surface area contributed by atoms with Gasteiger partial charge in [-0.25, -0.2) is 4.39 Å². The average molecular weight is 370 g/mol. The van der Waals surface area contributed by atoms with E-state index >= 15 is 0 Å². The molecule has 0 radical (unpaired) electrons. The predicted molar refractivity (Wildman–Crippen MR) is 104 cm³/mol. The molecule has 2 aromatic rings. The number of carbonyl (C=O) groups excluding carboxylic acids is 1. The van der Waals surface area contributed by atoms with E-state index in [1.165, 1.54) is 11.6 Å². The summed E-state index contributed by atoms with van der Waals surface area (Å²) in [6.07, 6.45) is 4.56. The fraction of sp³-hybridized carbons (Fsp3) is 0.429. The fourth-order valence-corrected chi connectivity index (χ4v) is 3.60. The summed E-state index contributed by atoms with van der Waals surface area (Å²) in [6.45, 7) is 3.92. The molecule has 1 amide bonds. The van der Waals surface area contributed by atoms with Crippen LogP contribution in [-0.2, 0) is 11.3 Å². The highest BCUT2D eigenvalue weighted by molar-refractivity contribution is 5.83. The Morgan fingerprint density at radius 1 is 1.15 bits per heavy atom. The maximum Gasteiger partial charge on any atom is 0.244 e. The lowest BCUT2D eigenvalue weighted by atomic mass is 10.0. The first-order chi connectivity index (χ1) is 13.1. The molecule has 0 spiro atoms. The maximum atomic E-state index is 14.3. The second-order valence-electron chi connectivity index (χ2n) is 7.20. The monoisotopic (exact) mass is 370 g/mol. The smallest absolute Gasteiger partial charge is 0.244 e. The van der Waals surface area contributed by atoms with Gasteiger partial charge in [0.1, 0.15) is 11.9 Å². The first-order valence-corrected chi connectivity index (χ1v) is 9.37. The van der Waals surface area contributed by atoms with E-state index in [1.54, 1.807) is 29.3 Å². The molecule has 27 heavy (non-hydrogen) atoms. The summed E-state index contributed by atoms with van der Waals surface area (Å²) < 4.78 is 14.3. The molecule has 2 heterocycles. The topological polar surface area (TPSA) is 39.7 Å². The van der Waals surface area contributed by atoms with Gasteiger partial charge >= 0.3 is 0 Å². The predicted octanol–water partition coefficient (Wildman–Crippen LogP) is 2.56. The van der Waals surface area contributed by atoms with Crippen molar-refractivity contribution in [1.82, 2.24) is 19.7 Å². The molecule has 0 bridgehead atoms. The Bertz CT molecular complexity index is 753. The van der Waals surface area contributed by atoms with Gasteiger partial charge in [-0.15, -0.1) is 0 Å². The zero-order valence-electron chi connectivity index (χ0n) is 16.0. The van der Waals surface area contributed by atoms with E-state index in [0.29, 0.717) is 18.7 Å². The molecule has 0 N–H and O–H groups in total. The van der Waals surface area contributed by atoms with E-state index in [0.717, 1.165) is 26.1 Å². The van der Waals surface area contributed by atoms with Gasteiger partial charge in [0.2, 0.25) is 5.91 Å². The molecule has 0 aliphatic carbocycles. The van der Waals surface area contributed by atoms with Crippen LogP contribution in [0, 0.1) is 5.82 Å². The minimum Gasteiger partial charge on any atom is -0.340 e. The summed E-state index contributed by atoms with van der Waals surface area (Å²) in [6, 6.07) is 9.95. The van der Waals surface area contributed by atoms with Crippen LogP contribution in [0.25, 0.3) is 0 Å². The number of hydrogen-bond acceptors (Lipinski definition) is 4. The number of hydrogen-bond donors (Lipinski definition) is 0. The number of nitrogens with zero attached hydrogens (tertiary/aromatic N) is 4. The average Bonchev–Trinajstić information content (AvgIpc) is 2.90. The van der Waals surface area contributed by atoms with Crippen LogP contribution in [-0.4, -0.2) is 65.9 Å². The molecule has 3 rings (SSSR count). The van der Waals surface area contributed by atoms with Gasteiger partial charge in [-0.05, 0) is 38.2 Å². The summed E-state index contributed by atoms with van der Waals surface area (Å²) in [5, 5.41) is 0. The number of amides is 1. The highest BCUT2D eigenvalue weighted by Crippen LogP contribution is 2.24. The molecule has 5 nitrogen and oxygen atoms in total. The number of likely N-dealkylation sites (N-methyl/N-ethyl adjacent to an activating group) is 1. The number of benzene rings is 1. The van der Waals surface area contributed by atoms with Gasteiger partial charge in [0.15, 0.2) is 0 Å². The largest absolute Gasteiger partial charge is 0.340 e. The van der Waals surface area contributed by atoms with Crippen LogP contribution < -0.4 is 0 Å². The highest BCUT2D eigenvalue weighted by atomic mass is 19.1. The van der Waals surface area contributed by atoms with Crippen molar-refractivity contribution in [1.29, 1.82) is 0 Å². The van der Waals surface area contributed by atoms with Gasteiger partial charge in [-0.2, -0.15) is 0 Å². The van der Waals surface area contributed by atoms with Crippen LogP contribution >= 0.6 is 0 Å². The Kier molecular flexibility index (Phi) is 6.53. The number of pyridine rings is 1. The Balaban J connectivity index is 1.68. The molecule has 1 atom stereocenters. The minimum absolute atomic E-state index is 0.0340. The molecule has 1 unspecified atom stereocenters. The van der Waals surface area contributed by atoms with E-state index in [2.05, 4.69) is 16.0 Å². The molecule has 1 aromatic heterocycles. The van der Waals surface area contributed by atoms with E-state index in [9.17, 15) is 9.18 Å². The van der Waals surface area contributed by atoms with Gasteiger partial charge in [-0.1, -0.05) is 24.3 Å². The first-order valence-electron chi connectivity index (χ1n) is 9.37. The van der Waals surface area contributed by atoms with Crippen molar-refractivity contribution in [3.05, 3.63) is 65.7 Å². The molecule has 1 aliphatic heterocycles. The second-order valence-corrected chi connectivity index (χ2v) is 7.20. The Labute approximate surface area is 160 Å². The van der Waals surface area contributed by atoms with Crippen molar-refractivity contribution in [2.75, 3.05) is 40.3 Å². The van der Waals surface area contributed by atoms with Crippen LogP contribution in [0.15, 0.2) is 48.8 Å². The highest BCUT2D eigenvalue weighted by Gasteiger charge is 2.30. The van der Waals surface area contributed by atoms with E-state index in [-0.39, 0.29) is 11.7 Å². The van der Waals surface area contributed by atoms with Crippen LogP contribution in [0.2, 0.25) is 0 Å². The first kappa shape index (κ1) is 19.5. The summed E-state index contributed by atoms with van der Waals surface area (Å²) in [7, 11) is 3.64. The van der Waals surface area contributed by atoms with Crippen molar-refractivity contribution in [2.45, 2.75) is 19.0 Å². The molecular formula is C21H27FN4O. The molecule has 1 aliphatic rings. The van der Waals surface area contributed by atoms with Crippen molar-refractivity contribution < 1.29 is 9.18 Å². The summed E-state index contributed by atoms with van der Waals surface area (Å²) in [5.74, 6) is -0.370. The van der Waals surface area contributed by atoms with E-state index in [4.69, 9.17) is 0 Å². The third kappa shape index (κ3) is 4.90. The number of rotatable bonds is 5. The van der Waals surface area contributed by atoms with E-state index < -0.39 is 6.04 Å². The summed E-state index contributed by atoms with van der Waals surface area (Å²) in [5.41, 5.74) is 1.61. The Morgan fingerprint density at radius 2 is 1.96 bits per heavy atom. The quantitative estimate of drug-likeness (QED) is 0.811. The minimum atomic E-state index is -0.601. The third-order valence-corrected chi connectivity index (χ3v) is 4.98. The van der Waals surface area contributed by atoms with E-state index in [1.807, 2.05) is 31.3 Å². The molecule has 6 heteroatoms. The van der Waals surface area contributed by atoms with Gasteiger partial charge in [0, 0.05) is 50.7 Å². The van der Waals surface area contributed by atoms with Gasteiger partial charge in [0.25, 0.3) is 0 Å². The van der Waals surface area contributed by atoms with Crippen molar-refractivity contribution >= 4 is 5.91 Å². The van der Waals surface area contributed by atoms with Crippen molar-refractivity contribution in [3.8, 4) is 0 Å². The van der Waals surface area contributed by atoms with Crippen molar-refractivity contribution in [3.63, 3.8) is 0 Å². The van der Waals surface area contributed by atoms with Gasteiger partial charge in [-0.3, -0.25) is 19.6 Å². The standard InChI is InChI=1S/C21H27FN4O/c1-24(2)20(18-8-3-4-9-19(18)22)21(27)26-12-6-11-25(13-14-26)16-17-7-5-10-23-15-17/h3-5,7-10,15,20H,6,11-14,16H2,1-2H3. The SMILES string of the molecule is CN(C)C(C(=O)N1CCCN(Cc2cccnc2)CC1)c1ccccc1F.